The zero-order valence-electron chi connectivity index (χ0n) is 12.9. The number of hydrogen-bond donors (Lipinski definition) is 2. The molecule has 0 aliphatic carbocycles. The first-order valence-corrected chi connectivity index (χ1v) is 9.17. The fourth-order valence-electron chi connectivity index (χ4n) is 2.64. The third-order valence-corrected chi connectivity index (χ3v) is 5.04. The van der Waals surface area contributed by atoms with Gasteiger partial charge >= 0.3 is 5.97 Å². The molecule has 1 heterocycles. The Balaban J connectivity index is 2.02. The molecule has 126 valence electrons. The summed E-state index contributed by atoms with van der Waals surface area (Å²) in [7, 11) is -3.30. The molecule has 0 radical (unpaired) electrons. The van der Waals surface area contributed by atoms with Crippen molar-refractivity contribution in [1.29, 1.82) is 0 Å². The Bertz CT molecular complexity index is 702. The van der Waals surface area contributed by atoms with Gasteiger partial charge < -0.3 is 10.4 Å². The van der Waals surface area contributed by atoms with Gasteiger partial charge in [-0.25, -0.2) is 12.7 Å². The van der Waals surface area contributed by atoms with Crippen LogP contribution in [0.4, 0.5) is 5.69 Å². The Labute approximate surface area is 135 Å². The molecule has 1 aromatic rings. The fraction of sp³-hybridized carbons (Fsp3) is 0.467. The highest BCUT2D eigenvalue weighted by Crippen LogP contribution is 2.21. The molecule has 1 atom stereocenters. The van der Waals surface area contributed by atoms with Gasteiger partial charge in [0.25, 0.3) is 0 Å². The summed E-state index contributed by atoms with van der Waals surface area (Å²) in [5, 5.41) is 11.5. The van der Waals surface area contributed by atoms with Gasteiger partial charge in [0.05, 0.1) is 18.6 Å². The maximum atomic E-state index is 12.3. The van der Waals surface area contributed by atoms with Crippen molar-refractivity contribution in [3.8, 4) is 0 Å². The summed E-state index contributed by atoms with van der Waals surface area (Å²) in [6.07, 6.45) is 2.30. The molecule has 1 aliphatic heterocycles. The smallest absolute Gasteiger partial charge is 0.307 e. The lowest BCUT2D eigenvalue weighted by Crippen LogP contribution is -2.43. The highest BCUT2D eigenvalue weighted by atomic mass is 32.2. The number of nitrogens with zero attached hydrogens (tertiary/aromatic N) is 1. The predicted octanol–water partition coefficient (Wildman–Crippen LogP) is 0.924. The van der Waals surface area contributed by atoms with E-state index in [1.54, 1.807) is 24.3 Å². The first kappa shape index (κ1) is 17.4. The van der Waals surface area contributed by atoms with Crippen LogP contribution in [0.15, 0.2) is 24.3 Å². The van der Waals surface area contributed by atoms with E-state index in [4.69, 9.17) is 5.11 Å². The second kappa shape index (κ2) is 7.10. The molecule has 1 aliphatic rings. The molecule has 0 spiro atoms. The normalized spacial score (nSPS) is 19.3. The summed E-state index contributed by atoms with van der Waals surface area (Å²) in [5.41, 5.74) is 1.11. The first-order valence-electron chi connectivity index (χ1n) is 7.32. The quantitative estimate of drug-likeness (QED) is 0.830. The molecule has 0 bridgehead atoms. The Hall–Kier alpha value is -1.93. The van der Waals surface area contributed by atoms with Crippen LogP contribution in [-0.4, -0.2) is 49.1 Å². The van der Waals surface area contributed by atoms with E-state index in [-0.39, 0.29) is 18.9 Å². The van der Waals surface area contributed by atoms with Crippen LogP contribution in [0.1, 0.15) is 18.4 Å². The average molecular weight is 340 g/mol. The molecule has 2 N–H and O–H groups in total. The van der Waals surface area contributed by atoms with E-state index < -0.39 is 21.9 Å². The van der Waals surface area contributed by atoms with Gasteiger partial charge in [-0.3, -0.25) is 9.59 Å². The number of rotatable bonds is 5. The zero-order chi connectivity index (χ0) is 17.0. The molecule has 1 fully saturated rings. The van der Waals surface area contributed by atoms with E-state index >= 15 is 0 Å². The third-order valence-electron chi connectivity index (χ3n) is 3.77. The van der Waals surface area contributed by atoms with Crippen LogP contribution in [-0.2, 0) is 26.0 Å². The number of carboxylic acids is 1. The number of sulfonamides is 1. The molecular weight excluding hydrogens is 320 g/mol. The lowest BCUT2D eigenvalue weighted by Gasteiger charge is -2.30. The fourth-order valence-corrected chi connectivity index (χ4v) is 3.55. The van der Waals surface area contributed by atoms with Crippen LogP contribution < -0.4 is 5.32 Å². The summed E-state index contributed by atoms with van der Waals surface area (Å²) in [6.45, 7) is 0.621. The van der Waals surface area contributed by atoms with Crippen LogP contribution in [0.2, 0.25) is 0 Å². The van der Waals surface area contributed by atoms with Gasteiger partial charge in [0, 0.05) is 18.8 Å². The molecule has 8 heteroatoms. The molecule has 1 unspecified atom stereocenters. The Morgan fingerprint density at radius 2 is 2.13 bits per heavy atom. The minimum Gasteiger partial charge on any atom is -0.481 e. The lowest BCUT2D eigenvalue weighted by molar-refractivity contribution is -0.136. The molecular formula is C15H20N2O5S. The Morgan fingerprint density at radius 3 is 2.78 bits per heavy atom. The second-order valence-corrected chi connectivity index (χ2v) is 7.70. The number of nitrogens with one attached hydrogen (secondary N) is 1. The predicted molar refractivity (Wildman–Crippen MR) is 85.6 cm³/mol. The van der Waals surface area contributed by atoms with E-state index in [2.05, 4.69) is 5.32 Å². The lowest BCUT2D eigenvalue weighted by atomic mass is 9.98. The van der Waals surface area contributed by atoms with Crippen molar-refractivity contribution in [2.75, 3.05) is 24.7 Å². The number of amides is 1. The summed E-state index contributed by atoms with van der Waals surface area (Å²) < 4.78 is 24.5. The maximum Gasteiger partial charge on any atom is 0.307 e. The zero-order valence-corrected chi connectivity index (χ0v) is 13.7. The van der Waals surface area contributed by atoms with Crippen molar-refractivity contribution >= 4 is 27.6 Å². The average Bonchev–Trinajstić information content (AvgIpc) is 2.46. The monoisotopic (exact) mass is 340 g/mol. The van der Waals surface area contributed by atoms with Crippen LogP contribution in [0.3, 0.4) is 0 Å². The van der Waals surface area contributed by atoms with Crippen molar-refractivity contribution < 1.29 is 23.1 Å². The van der Waals surface area contributed by atoms with Gasteiger partial charge in [0.1, 0.15) is 0 Å². The molecule has 0 aromatic heterocycles. The van der Waals surface area contributed by atoms with Crippen molar-refractivity contribution in [1.82, 2.24) is 4.31 Å². The van der Waals surface area contributed by atoms with Crippen LogP contribution in [0, 0.1) is 5.92 Å². The highest BCUT2D eigenvalue weighted by Gasteiger charge is 2.30. The van der Waals surface area contributed by atoms with Crippen LogP contribution in [0.5, 0.6) is 0 Å². The molecule has 23 heavy (non-hydrogen) atoms. The van der Waals surface area contributed by atoms with Gasteiger partial charge in [-0.2, -0.15) is 0 Å². The number of anilines is 1. The minimum absolute atomic E-state index is 0.116. The molecule has 1 amide bonds. The number of carbonyl (C=O) groups is 2. The van der Waals surface area contributed by atoms with E-state index in [0.717, 1.165) is 6.26 Å². The summed E-state index contributed by atoms with van der Waals surface area (Å²) >= 11 is 0. The number of piperidine rings is 1. The molecule has 0 saturated carbocycles. The van der Waals surface area contributed by atoms with Crippen LogP contribution >= 0.6 is 0 Å². The maximum absolute atomic E-state index is 12.3. The number of aliphatic carboxylic acids is 1. The molecule has 1 saturated heterocycles. The number of hydrogen-bond acceptors (Lipinski definition) is 4. The van der Waals surface area contributed by atoms with Gasteiger partial charge in [0.2, 0.25) is 15.9 Å². The van der Waals surface area contributed by atoms with Gasteiger partial charge in [0.15, 0.2) is 0 Å². The minimum atomic E-state index is -3.30. The third kappa shape index (κ3) is 5.04. The SMILES string of the molecule is CS(=O)(=O)N1CCCC(C(=O)Nc2cccc(CC(=O)O)c2)C1. The largest absolute Gasteiger partial charge is 0.481 e. The molecule has 1 aromatic carbocycles. The number of carbonyl (C=O) groups excluding carboxylic acids is 1. The Morgan fingerprint density at radius 1 is 1.39 bits per heavy atom. The number of benzene rings is 1. The number of carboxylic acid groups (broad SMARTS) is 1. The van der Waals surface area contributed by atoms with Crippen molar-refractivity contribution in [3.63, 3.8) is 0 Å². The van der Waals surface area contributed by atoms with Crippen molar-refractivity contribution in [3.05, 3.63) is 29.8 Å². The summed E-state index contributed by atoms with van der Waals surface area (Å²) in [4.78, 5) is 23.1. The van der Waals surface area contributed by atoms with E-state index in [1.807, 2.05) is 0 Å². The first-order chi connectivity index (χ1) is 10.8. The van der Waals surface area contributed by atoms with Gasteiger partial charge in [-0.05, 0) is 30.5 Å². The molecule has 7 nitrogen and oxygen atoms in total. The highest BCUT2D eigenvalue weighted by molar-refractivity contribution is 7.88. The van der Waals surface area contributed by atoms with E-state index in [9.17, 15) is 18.0 Å². The summed E-state index contributed by atoms with van der Waals surface area (Å²) in [5.74, 6) is -1.59. The van der Waals surface area contributed by atoms with E-state index in [0.29, 0.717) is 30.6 Å². The Kier molecular flexibility index (Phi) is 5.38. The van der Waals surface area contributed by atoms with E-state index in [1.165, 1.54) is 4.31 Å². The topological polar surface area (TPSA) is 104 Å². The standard InChI is InChI=1S/C15H20N2O5S/c1-23(21,22)17-7-3-5-12(10-17)15(20)16-13-6-2-4-11(8-13)9-14(18)19/h2,4,6,8,12H,3,5,7,9-10H2,1H3,(H,16,20)(H,18,19). The second-order valence-electron chi connectivity index (χ2n) is 5.72. The van der Waals surface area contributed by atoms with Crippen molar-refractivity contribution in [2.24, 2.45) is 5.92 Å². The van der Waals surface area contributed by atoms with Gasteiger partial charge in [-0.15, -0.1) is 0 Å². The van der Waals surface area contributed by atoms with Crippen molar-refractivity contribution in [2.45, 2.75) is 19.3 Å². The molecule has 2 rings (SSSR count). The van der Waals surface area contributed by atoms with Crippen LogP contribution in [0.25, 0.3) is 0 Å². The summed E-state index contributed by atoms with van der Waals surface area (Å²) in [6, 6.07) is 6.65. The van der Waals surface area contributed by atoms with Gasteiger partial charge in [-0.1, -0.05) is 12.1 Å².